The molecule has 3 heterocycles. The lowest BCUT2D eigenvalue weighted by molar-refractivity contribution is 0.371. The fourth-order valence-electron chi connectivity index (χ4n) is 3.18. The summed E-state index contributed by atoms with van der Waals surface area (Å²) in [4.78, 5) is 10.8. The molecule has 116 valence electrons. The quantitative estimate of drug-likeness (QED) is 0.886. The second-order valence-corrected chi connectivity index (χ2v) is 6.84. The van der Waals surface area contributed by atoms with Crippen LogP contribution in [0.4, 0.5) is 5.82 Å². The molecule has 2 aromatic rings. The fourth-order valence-corrected chi connectivity index (χ4v) is 3.91. The van der Waals surface area contributed by atoms with Crippen molar-refractivity contribution in [1.82, 2.24) is 19.6 Å². The number of nitrogens with zero attached hydrogens (tertiary/aromatic N) is 4. The van der Waals surface area contributed by atoms with E-state index in [1.807, 2.05) is 0 Å². The molecule has 1 saturated heterocycles. The normalized spacial score (nSPS) is 19.2. The third-order valence-corrected chi connectivity index (χ3v) is 4.86. The minimum atomic E-state index is 0.588. The van der Waals surface area contributed by atoms with Crippen LogP contribution in [-0.2, 0) is 6.54 Å². The van der Waals surface area contributed by atoms with E-state index in [2.05, 4.69) is 52.1 Å². The zero-order valence-corrected chi connectivity index (χ0v) is 14.0. The maximum absolute atomic E-state index is 4.91. The minimum absolute atomic E-state index is 0.588. The minimum Gasteiger partial charge on any atom is -0.351 e. The first-order chi connectivity index (χ1) is 10.2. The van der Waals surface area contributed by atoms with E-state index in [9.17, 15) is 0 Å². The Morgan fingerprint density at radius 1 is 1.48 bits per heavy atom. The van der Waals surface area contributed by atoms with Crippen molar-refractivity contribution in [3.63, 3.8) is 0 Å². The van der Waals surface area contributed by atoms with Crippen molar-refractivity contribution in [3.05, 3.63) is 17.3 Å². The molecule has 21 heavy (non-hydrogen) atoms. The Labute approximate surface area is 130 Å². The Hall–Kier alpha value is -1.11. The number of thiazole rings is 1. The standard InChI is InChI=1S/C15H25N5S/c1-4-16-10-13-14(17-15-20(13)8-9-21-15)19-7-5-6-12(19)11-18(2)3/h8-9,12,16H,4-7,10-11H2,1-3H3. The number of aromatic nitrogens is 2. The summed E-state index contributed by atoms with van der Waals surface area (Å²) in [5, 5.41) is 5.57. The molecule has 0 spiro atoms. The molecule has 3 rings (SSSR count). The largest absolute Gasteiger partial charge is 0.351 e. The van der Waals surface area contributed by atoms with Crippen LogP contribution in [-0.4, -0.2) is 54.1 Å². The van der Waals surface area contributed by atoms with Crippen LogP contribution in [0.5, 0.6) is 0 Å². The molecule has 5 nitrogen and oxygen atoms in total. The zero-order chi connectivity index (χ0) is 14.8. The van der Waals surface area contributed by atoms with Gasteiger partial charge in [0.25, 0.3) is 0 Å². The summed E-state index contributed by atoms with van der Waals surface area (Å²) in [5.41, 5.74) is 1.30. The summed E-state index contributed by atoms with van der Waals surface area (Å²) in [6.07, 6.45) is 4.68. The van der Waals surface area contributed by atoms with E-state index in [1.165, 1.54) is 24.4 Å². The summed E-state index contributed by atoms with van der Waals surface area (Å²) in [6.45, 7) is 6.25. The molecule has 2 aromatic heterocycles. The highest BCUT2D eigenvalue weighted by molar-refractivity contribution is 7.15. The summed E-state index contributed by atoms with van der Waals surface area (Å²) in [7, 11) is 4.31. The molecule has 0 aromatic carbocycles. The molecule has 0 aliphatic carbocycles. The number of fused-ring (bicyclic) bond motifs is 1. The van der Waals surface area contributed by atoms with Gasteiger partial charge < -0.3 is 15.1 Å². The van der Waals surface area contributed by atoms with Gasteiger partial charge in [-0.3, -0.25) is 4.40 Å². The summed E-state index contributed by atoms with van der Waals surface area (Å²) in [5.74, 6) is 1.19. The van der Waals surface area contributed by atoms with Crippen molar-refractivity contribution in [2.24, 2.45) is 0 Å². The predicted molar refractivity (Wildman–Crippen MR) is 89.4 cm³/mol. The molecule has 6 heteroatoms. The number of likely N-dealkylation sites (N-methyl/N-ethyl adjacent to an activating group) is 1. The lowest BCUT2D eigenvalue weighted by Gasteiger charge is -2.28. The average Bonchev–Trinajstić information content (AvgIpc) is 3.10. The van der Waals surface area contributed by atoms with Crippen molar-refractivity contribution in [1.29, 1.82) is 0 Å². The third kappa shape index (κ3) is 2.93. The van der Waals surface area contributed by atoms with Crippen molar-refractivity contribution in [2.45, 2.75) is 32.4 Å². The van der Waals surface area contributed by atoms with Crippen LogP contribution in [0.1, 0.15) is 25.5 Å². The second kappa shape index (κ2) is 6.34. The first kappa shape index (κ1) is 14.8. The molecule has 1 aliphatic heterocycles. The molecule has 1 fully saturated rings. The molecule has 0 saturated carbocycles. The van der Waals surface area contributed by atoms with E-state index in [4.69, 9.17) is 4.98 Å². The molecule has 1 N–H and O–H groups in total. The number of nitrogens with one attached hydrogen (secondary N) is 1. The van der Waals surface area contributed by atoms with Gasteiger partial charge in [-0.2, -0.15) is 0 Å². The van der Waals surface area contributed by atoms with Gasteiger partial charge >= 0.3 is 0 Å². The van der Waals surface area contributed by atoms with Crippen LogP contribution < -0.4 is 10.2 Å². The number of rotatable bonds is 6. The van der Waals surface area contributed by atoms with Crippen LogP contribution in [0.3, 0.4) is 0 Å². The van der Waals surface area contributed by atoms with Crippen molar-refractivity contribution in [3.8, 4) is 0 Å². The van der Waals surface area contributed by atoms with Gasteiger partial charge in [0.2, 0.25) is 0 Å². The van der Waals surface area contributed by atoms with E-state index in [0.717, 1.165) is 31.1 Å². The highest BCUT2D eigenvalue weighted by Crippen LogP contribution is 2.30. The monoisotopic (exact) mass is 307 g/mol. The summed E-state index contributed by atoms with van der Waals surface area (Å²) >= 11 is 1.72. The Morgan fingerprint density at radius 3 is 3.10 bits per heavy atom. The lowest BCUT2D eigenvalue weighted by Crippen LogP contribution is -2.38. The lowest BCUT2D eigenvalue weighted by atomic mass is 10.2. The van der Waals surface area contributed by atoms with Gasteiger partial charge in [-0.25, -0.2) is 4.98 Å². The molecule has 0 radical (unpaired) electrons. The number of hydrogen-bond donors (Lipinski definition) is 1. The first-order valence-corrected chi connectivity index (χ1v) is 8.65. The molecule has 1 atom stereocenters. The van der Waals surface area contributed by atoms with E-state index < -0.39 is 0 Å². The van der Waals surface area contributed by atoms with E-state index in [0.29, 0.717) is 6.04 Å². The van der Waals surface area contributed by atoms with E-state index >= 15 is 0 Å². The fraction of sp³-hybridized carbons (Fsp3) is 0.667. The Kier molecular flexibility index (Phi) is 4.47. The van der Waals surface area contributed by atoms with E-state index in [-0.39, 0.29) is 0 Å². The zero-order valence-electron chi connectivity index (χ0n) is 13.2. The molecule has 0 amide bonds. The third-order valence-electron chi connectivity index (χ3n) is 4.11. The maximum Gasteiger partial charge on any atom is 0.195 e. The van der Waals surface area contributed by atoms with Crippen molar-refractivity contribution < 1.29 is 0 Å². The van der Waals surface area contributed by atoms with Crippen molar-refractivity contribution in [2.75, 3.05) is 38.6 Å². The highest BCUT2D eigenvalue weighted by atomic mass is 32.1. The van der Waals surface area contributed by atoms with Gasteiger partial charge in [0.05, 0.1) is 5.69 Å². The van der Waals surface area contributed by atoms with Crippen LogP contribution in [0, 0.1) is 0 Å². The molecule has 1 unspecified atom stereocenters. The smallest absolute Gasteiger partial charge is 0.195 e. The Bertz CT molecular complexity index is 588. The number of imidazole rings is 1. The molecular weight excluding hydrogens is 282 g/mol. The number of anilines is 1. The highest BCUT2D eigenvalue weighted by Gasteiger charge is 2.29. The van der Waals surface area contributed by atoms with Gasteiger partial charge in [-0.05, 0) is 33.5 Å². The van der Waals surface area contributed by atoms with E-state index in [1.54, 1.807) is 11.3 Å². The van der Waals surface area contributed by atoms with Gasteiger partial charge in [-0.1, -0.05) is 6.92 Å². The topological polar surface area (TPSA) is 35.8 Å². The Balaban J connectivity index is 1.92. The molecule has 1 aliphatic rings. The average molecular weight is 307 g/mol. The second-order valence-electron chi connectivity index (χ2n) is 5.97. The van der Waals surface area contributed by atoms with Gasteiger partial charge in [0.1, 0.15) is 0 Å². The first-order valence-electron chi connectivity index (χ1n) is 7.77. The summed E-state index contributed by atoms with van der Waals surface area (Å²) < 4.78 is 2.24. The predicted octanol–water partition coefficient (Wildman–Crippen LogP) is 2.04. The molecule has 0 bridgehead atoms. The van der Waals surface area contributed by atoms with Gasteiger partial charge in [0.15, 0.2) is 10.8 Å². The number of hydrogen-bond acceptors (Lipinski definition) is 5. The van der Waals surface area contributed by atoms with Crippen LogP contribution in [0.25, 0.3) is 4.96 Å². The molecular formula is C15H25N5S. The Morgan fingerprint density at radius 2 is 2.33 bits per heavy atom. The van der Waals surface area contributed by atoms with Crippen molar-refractivity contribution >= 4 is 22.1 Å². The van der Waals surface area contributed by atoms with Crippen LogP contribution >= 0.6 is 11.3 Å². The maximum atomic E-state index is 4.91. The van der Waals surface area contributed by atoms with Crippen LogP contribution in [0.15, 0.2) is 11.6 Å². The SMILES string of the molecule is CCNCc1c(N2CCCC2CN(C)C)nc2sccn12. The van der Waals surface area contributed by atoms with Gasteiger partial charge in [-0.15, -0.1) is 11.3 Å². The van der Waals surface area contributed by atoms with Gasteiger partial charge in [0, 0.05) is 37.3 Å². The van der Waals surface area contributed by atoms with Crippen LogP contribution in [0.2, 0.25) is 0 Å². The summed E-state index contributed by atoms with van der Waals surface area (Å²) in [6, 6.07) is 0.588.